The summed E-state index contributed by atoms with van der Waals surface area (Å²) in [6.45, 7) is 7.71. The van der Waals surface area contributed by atoms with E-state index in [9.17, 15) is 9.59 Å². The van der Waals surface area contributed by atoms with Gasteiger partial charge in [0.05, 0.1) is 6.61 Å². The van der Waals surface area contributed by atoms with E-state index in [1.54, 1.807) is 0 Å². The molecule has 0 aromatic carbocycles. The van der Waals surface area contributed by atoms with Crippen LogP contribution in [0.2, 0.25) is 0 Å². The van der Waals surface area contributed by atoms with E-state index < -0.39 is 6.10 Å². The molecule has 0 radical (unpaired) electrons. The third-order valence-electron chi connectivity index (χ3n) is 13.2. The van der Waals surface area contributed by atoms with Gasteiger partial charge in [0.1, 0.15) is 6.61 Å². The fourth-order valence-electron chi connectivity index (χ4n) is 8.71. The molecule has 0 amide bonds. The lowest BCUT2D eigenvalue weighted by Gasteiger charge is -2.18. The molecule has 0 rings (SSSR count). The number of carbonyl (C=O) groups is 2. The normalized spacial score (nSPS) is 12.7. The highest BCUT2D eigenvalue weighted by atomic mass is 16.6. The van der Waals surface area contributed by atoms with Gasteiger partial charge in [0.2, 0.25) is 0 Å². The van der Waals surface area contributed by atoms with Gasteiger partial charge < -0.3 is 14.2 Å². The van der Waals surface area contributed by atoms with Crippen molar-refractivity contribution in [3.63, 3.8) is 0 Å². The summed E-state index contributed by atoms with van der Waals surface area (Å²) in [6.07, 6.45) is 79.3. The minimum Gasteiger partial charge on any atom is -0.462 e. The van der Waals surface area contributed by atoms with Gasteiger partial charge in [0, 0.05) is 19.4 Å². The van der Waals surface area contributed by atoms with Gasteiger partial charge in [0.15, 0.2) is 6.10 Å². The zero-order chi connectivity index (χ0) is 50.6. The Labute approximate surface area is 436 Å². The summed E-state index contributed by atoms with van der Waals surface area (Å²) >= 11 is 0. The van der Waals surface area contributed by atoms with Crippen LogP contribution in [0.25, 0.3) is 0 Å². The van der Waals surface area contributed by atoms with E-state index in [2.05, 4.69) is 93.7 Å². The number of esters is 2. The largest absolute Gasteiger partial charge is 0.462 e. The van der Waals surface area contributed by atoms with E-state index in [0.29, 0.717) is 19.4 Å². The van der Waals surface area contributed by atoms with E-state index in [-0.39, 0.29) is 25.2 Å². The molecule has 0 heterocycles. The SMILES string of the molecule is CC/C=C\C/C=C\C/C=C\C/C=C\C/C=C\CCCCCC(=O)OCC(COCCCCCCCCCCCCCCCCCCCCCC)OC(=O)CCCCCCC/C=C\CCCCCCCC. The van der Waals surface area contributed by atoms with Gasteiger partial charge in [-0.3, -0.25) is 9.59 Å². The predicted molar refractivity (Wildman–Crippen MR) is 307 cm³/mol. The first-order valence-electron chi connectivity index (χ1n) is 30.5. The summed E-state index contributed by atoms with van der Waals surface area (Å²) in [5, 5.41) is 0. The van der Waals surface area contributed by atoms with Crippen LogP contribution in [0.3, 0.4) is 0 Å². The van der Waals surface area contributed by atoms with Crippen LogP contribution in [-0.4, -0.2) is 37.9 Å². The highest BCUT2D eigenvalue weighted by Crippen LogP contribution is 2.16. The summed E-state index contributed by atoms with van der Waals surface area (Å²) in [5.41, 5.74) is 0. The van der Waals surface area contributed by atoms with Crippen LogP contribution in [0.1, 0.15) is 303 Å². The third-order valence-corrected chi connectivity index (χ3v) is 13.2. The smallest absolute Gasteiger partial charge is 0.306 e. The molecule has 0 N–H and O–H groups in total. The van der Waals surface area contributed by atoms with Gasteiger partial charge in [-0.25, -0.2) is 0 Å². The molecule has 0 aliphatic heterocycles. The van der Waals surface area contributed by atoms with E-state index in [1.165, 1.54) is 173 Å². The Kier molecular flexibility index (Phi) is 58.3. The Bertz CT molecular complexity index is 1240. The van der Waals surface area contributed by atoms with Gasteiger partial charge in [-0.2, -0.15) is 0 Å². The molecular weight excluding hydrogens is 861 g/mol. The summed E-state index contributed by atoms with van der Waals surface area (Å²) in [7, 11) is 0. The third kappa shape index (κ3) is 57.9. The topological polar surface area (TPSA) is 61.8 Å². The molecule has 1 unspecified atom stereocenters. The van der Waals surface area contributed by atoms with Crippen molar-refractivity contribution in [3.8, 4) is 0 Å². The van der Waals surface area contributed by atoms with Gasteiger partial charge in [-0.1, -0.05) is 273 Å². The molecule has 0 fully saturated rings. The minimum atomic E-state index is -0.556. The van der Waals surface area contributed by atoms with Gasteiger partial charge in [0.25, 0.3) is 0 Å². The number of unbranched alkanes of at least 4 members (excludes halogenated alkanes) is 33. The molecule has 1 atom stereocenters. The van der Waals surface area contributed by atoms with Crippen LogP contribution in [0, 0.1) is 0 Å². The zero-order valence-corrected chi connectivity index (χ0v) is 46.8. The van der Waals surface area contributed by atoms with Crippen LogP contribution in [0.4, 0.5) is 0 Å². The molecule has 406 valence electrons. The van der Waals surface area contributed by atoms with Crippen molar-refractivity contribution in [2.75, 3.05) is 19.8 Å². The highest BCUT2D eigenvalue weighted by molar-refractivity contribution is 5.70. The molecule has 5 nitrogen and oxygen atoms in total. The number of allylic oxidation sites excluding steroid dienone is 12. The standard InChI is InChI=1S/C65H116O5/c1-4-7-10-13-16-19-22-25-28-30-32-34-36-39-42-45-48-51-54-57-60-68-61-63(70-65(67)59-56-53-50-47-44-41-37-27-24-21-18-15-12-9-6-3)62-69-64(66)58-55-52-49-46-43-40-38-35-33-31-29-26-23-20-17-14-11-8-5-2/h8,11,17,20,26-27,29,33,35,37,40,43,63H,4-7,9-10,12-16,18-19,21-25,28,30-32,34,36,38-39,41-42,44-62H2,1-3H3/b11-8-,20-17-,29-26-,35-33-,37-27-,43-40-. The van der Waals surface area contributed by atoms with Gasteiger partial charge in [-0.05, 0) is 89.9 Å². The zero-order valence-electron chi connectivity index (χ0n) is 46.8. The van der Waals surface area contributed by atoms with E-state index in [4.69, 9.17) is 14.2 Å². The maximum atomic E-state index is 12.9. The second kappa shape index (κ2) is 60.6. The molecular formula is C65H116O5. The molecule has 0 aromatic heterocycles. The first kappa shape index (κ1) is 67.3. The molecule has 70 heavy (non-hydrogen) atoms. The van der Waals surface area contributed by atoms with Crippen molar-refractivity contribution in [1.29, 1.82) is 0 Å². The van der Waals surface area contributed by atoms with Crippen molar-refractivity contribution in [2.24, 2.45) is 0 Å². The Balaban J connectivity index is 4.30. The Hall–Kier alpha value is -2.66. The molecule has 0 aromatic rings. The van der Waals surface area contributed by atoms with Crippen molar-refractivity contribution in [1.82, 2.24) is 0 Å². The second-order valence-electron chi connectivity index (χ2n) is 20.2. The maximum absolute atomic E-state index is 12.9. The first-order valence-corrected chi connectivity index (χ1v) is 30.5. The minimum absolute atomic E-state index is 0.0657. The molecule has 0 saturated heterocycles. The molecule has 5 heteroatoms. The van der Waals surface area contributed by atoms with E-state index in [1.807, 2.05) is 0 Å². The summed E-state index contributed by atoms with van der Waals surface area (Å²) < 4.78 is 17.5. The van der Waals surface area contributed by atoms with Gasteiger partial charge in [-0.15, -0.1) is 0 Å². The molecule has 0 aliphatic carbocycles. The van der Waals surface area contributed by atoms with E-state index in [0.717, 1.165) is 96.3 Å². The fraction of sp³-hybridized carbons (Fsp3) is 0.785. The molecule has 0 bridgehead atoms. The predicted octanol–water partition coefficient (Wildman–Crippen LogP) is 21.0. The van der Waals surface area contributed by atoms with Crippen molar-refractivity contribution < 1.29 is 23.8 Å². The number of hydrogen-bond acceptors (Lipinski definition) is 5. The summed E-state index contributed by atoms with van der Waals surface area (Å²) in [4.78, 5) is 25.5. The number of hydrogen-bond donors (Lipinski definition) is 0. The van der Waals surface area contributed by atoms with Crippen molar-refractivity contribution >= 4 is 11.9 Å². The Morgan fingerprint density at radius 1 is 0.329 bits per heavy atom. The maximum Gasteiger partial charge on any atom is 0.306 e. The lowest BCUT2D eigenvalue weighted by atomic mass is 10.0. The Morgan fingerprint density at radius 2 is 0.643 bits per heavy atom. The summed E-state index contributed by atoms with van der Waals surface area (Å²) in [5.74, 6) is -0.432. The number of rotatable bonds is 56. The second-order valence-corrected chi connectivity index (χ2v) is 20.2. The van der Waals surface area contributed by atoms with Crippen LogP contribution >= 0.6 is 0 Å². The van der Waals surface area contributed by atoms with Crippen LogP contribution in [-0.2, 0) is 23.8 Å². The fourth-order valence-corrected chi connectivity index (χ4v) is 8.71. The number of carbonyl (C=O) groups excluding carboxylic acids is 2. The lowest BCUT2D eigenvalue weighted by molar-refractivity contribution is -0.163. The van der Waals surface area contributed by atoms with Crippen LogP contribution in [0.15, 0.2) is 72.9 Å². The van der Waals surface area contributed by atoms with Crippen LogP contribution < -0.4 is 0 Å². The van der Waals surface area contributed by atoms with Crippen LogP contribution in [0.5, 0.6) is 0 Å². The van der Waals surface area contributed by atoms with Crippen molar-refractivity contribution in [3.05, 3.63) is 72.9 Å². The number of ether oxygens (including phenoxy) is 3. The average molecular weight is 978 g/mol. The van der Waals surface area contributed by atoms with E-state index >= 15 is 0 Å². The Morgan fingerprint density at radius 3 is 1.06 bits per heavy atom. The first-order chi connectivity index (χ1) is 34.6. The quantitative estimate of drug-likeness (QED) is 0.0345. The highest BCUT2D eigenvalue weighted by Gasteiger charge is 2.17. The lowest BCUT2D eigenvalue weighted by Crippen LogP contribution is -2.30. The molecule has 0 aliphatic rings. The average Bonchev–Trinajstić information content (AvgIpc) is 3.36. The van der Waals surface area contributed by atoms with Crippen molar-refractivity contribution in [2.45, 2.75) is 309 Å². The summed E-state index contributed by atoms with van der Waals surface area (Å²) in [6, 6.07) is 0. The molecule has 0 saturated carbocycles. The monoisotopic (exact) mass is 977 g/mol. The van der Waals surface area contributed by atoms with Gasteiger partial charge >= 0.3 is 11.9 Å². The molecule has 0 spiro atoms.